The van der Waals surface area contributed by atoms with Crippen molar-refractivity contribution in [3.63, 3.8) is 0 Å². The lowest BCUT2D eigenvalue weighted by Gasteiger charge is -2.29. The number of cyclic esters (lactones) is 1. The second-order valence-electron chi connectivity index (χ2n) is 8.31. The van der Waals surface area contributed by atoms with Gasteiger partial charge in [0.25, 0.3) is 5.69 Å². The Balaban J connectivity index is 1.69. The van der Waals surface area contributed by atoms with Crippen molar-refractivity contribution < 1.29 is 24.0 Å². The Morgan fingerprint density at radius 1 is 1.26 bits per heavy atom. The van der Waals surface area contributed by atoms with E-state index in [1.54, 1.807) is 19.1 Å². The van der Waals surface area contributed by atoms with Gasteiger partial charge in [0.15, 0.2) is 0 Å². The molecule has 1 N–H and O–H groups in total. The normalized spacial score (nSPS) is 17.1. The molecule has 0 bridgehead atoms. The molecule has 182 valence electrons. The second-order valence-corrected chi connectivity index (χ2v) is 9.33. The van der Waals surface area contributed by atoms with E-state index in [1.165, 1.54) is 17.8 Å². The summed E-state index contributed by atoms with van der Waals surface area (Å²) in [4.78, 5) is 37.5. The standard InChI is InChI=1S/C26H26N2O6S/c1-3-4-12-33-25(29)22-16(2)27-20-14-34-26(30)24(20)23(22)19-10-5-6-11-21(19)35-15-17-8-7-9-18(13-17)28(31)32/h5-11,13,23,27H,3-4,12,14-15H2,1-2H3. The molecule has 0 saturated carbocycles. The van der Waals surface area contributed by atoms with E-state index < -0.39 is 22.8 Å². The number of allylic oxidation sites excluding steroid dienone is 1. The molecule has 1 atom stereocenters. The number of nitrogens with one attached hydrogen (secondary N) is 1. The Hall–Kier alpha value is -3.59. The molecular weight excluding hydrogens is 468 g/mol. The van der Waals surface area contributed by atoms with E-state index >= 15 is 0 Å². The molecule has 0 amide bonds. The van der Waals surface area contributed by atoms with Crippen LogP contribution in [0.15, 0.2) is 76.0 Å². The van der Waals surface area contributed by atoms with Crippen LogP contribution in [0, 0.1) is 10.1 Å². The summed E-state index contributed by atoms with van der Waals surface area (Å²) in [5.74, 6) is -1.07. The number of esters is 2. The molecule has 0 aliphatic carbocycles. The number of hydrogen-bond donors (Lipinski definition) is 1. The van der Waals surface area contributed by atoms with Crippen LogP contribution in [-0.2, 0) is 24.8 Å². The van der Waals surface area contributed by atoms with E-state index in [4.69, 9.17) is 9.47 Å². The fraction of sp³-hybridized carbons (Fsp3) is 0.308. The molecule has 2 aromatic carbocycles. The number of thioether (sulfide) groups is 1. The summed E-state index contributed by atoms with van der Waals surface area (Å²) in [6.45, 7) is 4.25. The van der Waals surface area contributed by atoms with E-state index in [1.807, 2.05) is 37.3 Å². The van der Waals surface area contributed by atoms with E-state index in [-0.39, 0.29) is 12.3 Å². The molecule has 8 nitrogen and oxygen atoms in total. The molecule has 2 aliphatic rings. The monoisotopic (exact) mass is 494 g/mol. The Morgan fingerprint density at radius 2 is 2.06 bits per heavy atom. The van der Waals surface area contributed by atoms with Gasteiger partial charge in [-0.25, -0.2) is 9.59 Å². The summed E-state index contributed by atoms with van der Waals surface area (Å²) in [5, 5.41) is 14.3. The first-order valence-corrected chi connectivity index (χ1v) is 12.4. The van der Waals surface area contributed by atoms with Crippen molar-refractivity contribution in [2.45, 2.75) is 43.3 Å². The summed E-state index contributed by atoms with van der Waals surface area (Å²) in [6.07, 6.45) is 1.65. The van der Waals surface area contributed by atoms with Gasteiger partial charge in [0.1, 0.15) is 6.61 Å². The quantitative estimate of drug-likeness (QED) is 0.171. The van der Waals surface area contributed by atoms with Gasteiger partial charge in [0.05, 0.1) is 34.3 Å². The fourth-order valence-electron chi connectivity index (χ4n) is 4.21. The maximum absolute atomic E-state index is 13.2. The van der Waals surface area contributed by atoms with E-state index in [0.717, 1.165) is 28.9 Å². The van der Waals surface area contributed by atoms with Crippen molar-refractivity contribution >= 4 is 29.4 Å². The number of nitro groups is 1. The highest BCUT2D eigenvalue weighted by molar-refractivity contribution is 7.98. The molecular formula is C26H26N2O6S. The minimum Gasteiger partial charge on any atom is -0.462 e. The van der Waals surface area contributed by atoms with Crippen LogP contribution in [-0.4, -0.2) is 30.1 Å². The zero-order chi connectivity index (χ0) is 24.9. The van der Waals surface area contributed by atoms with Gasteiger partial charge in [-0.2, -0.15) is 0 Å². The molecule has 2 heterocycles. The van der Waals surface area contributed by atoms with Crippen molar-refractivity contribution in [2.24, 2.45) is 0 Å². The third-order valence-corrected chi connectivity index (χ3v) is 7.07. The average Bonchev–Trinajstić information content (AvgIpc) is 3.22. The van der Waals surface area contributed by atoms with Crippen molar-refractivity contribution in [3.05, 3.63) is 92.3 Å². The molecule has 0 saturated heterocycles. The zero-order valence-electron chi connectivity index (χ0n) is 19.5. The number of ether oxygens (including phenoxy) is 2. The molecule has 35 heavy (non-hydrogen) atoms. The smallest absolute Gasteiger partial charge is 0.337 e. The maximum Gasteiger partial charge on any atom is 0.337 e. The molecule has 2 aliphatic heterocycles. The number of unbranched alkanes of at least 4 members (excludes halogenated alkanes) is 1. The molecule has 2 aromatic rings. The number of rotatable bonds is 9. The minimum absolute atomic E-state index is 0.0360. The number of nitrogens with zero attached hydrogens (tertiary/aromatic N) is 1. The molecule has 9 heteroatoms. The van der Waals surface area contributed by atoms with Crippen LogP contribution >= 0.6 is 11.8 Å². The molecule has 0 aromatic heterocycles. The Bertz CT molecular complexity index is 1240. The first-order chi connectivity index (χ1) is 16.9. The molecule has 4 rings (SSSR count). The van der Waals surface area contributed by atoms with E-state index in [0.29, 0.717) is 34.9 Å². The van der Waals surface area contributed by atoms with Crippen molar-refractivity contribution in [2.75, 3.05) is 13.2 Å². The number of benzene rings is 2. The lowest BCUT2D eigenvalue weighted by atomic mass is 9.81. The highest BCUT2D eigenvalue weighted by atomic mass is 32.2. The first kappa shape index (κ1) is 24.5. The second kappa shape index (κ2) is 10.8. The summed E-state index contributed by atoms with van der Waals surface area (Å²) in [7, 11) is 0. The number of carbonyl (C=O) groups is 2. The zero-order valence-corrected chi connectivity index (χ0v) is 20.4. The summed E-state index contributed by atoms with van der Waals surface area (Å²) < 4.78 is 10.9. The molecule has 1 unspecified atom stereocenters. The summed E-state index contributed by atoms with van der Waals surface area (Å²) >= 11 is 1.49. The van der Waals surface area contributed by atoms with Gasteiger partial charge in [0, 0.05) is 28.5 Å². The highest BCUT2D eigenvalue weighted by Crippen LogP contribution is 2.44. The van der Waals surface area contributed by atoms with Gasteiger partial charge in [-0.1, -0.05) is 43.7 Å². The van der Waals surface area contributed by atoms with Gasteiger partial charge < -0.3 is 14.8 Å². The number of hydrogen-bond acceptors (Lipinski definition) is 8. The van der Waals surface area contributed by atoms with Crippen LogP contribution in [0.4, 0.5) is 5.69 Å². The maximum atomic E-state index is 13.2. The van der Waals surface area contributed by atoms with Gasteiger partial charge in [-0.3, -0.25) is 10.1 Å². The van der Waals surface area contributed by atoms with Crippen LogP contribution in [0.25, 0.3) is 0 Å². The third-order valence-electron chi connectivity index (χ3n) is 5.91. The number of nitro benzene ring substituents is 1. The number of carbonyl (C=O) groups excluding carboxylic acids is 2. The highest BCUT2D eigenvalue weighted by Gasteiger charge is 2.42. The van der Waals surface area contributed by atoms with Crippen LogP contribution in [0.5, 0.6) is 0 Å². The lowest BCUT2D eigenvalue weighted by molar-refractivity contribution is -0.384. The number of non-ortho nitro benzene ring substituents is 1. The molecule has 0 fully saturated rings. The Kier molecular flexibility index (Phi) is 7.55. The van der Waals surface area contributed by atoms with Crippen LogP contribution in [0.2, 0.25) is 0 Å². The van der Waals surface area contributed by atoms with Crippen LogP contribution in [0.1, 0.15) is 43.7 Å². The first-order valence-electron chi connectivity index (χ1n) is 11.4. The minimum atomic E-state index is -0.635. The predicted molar refractivity (Wildman–Crippen MR) is 132 cm³/mol. The Labute approximate surface area is 207 Å². The van der Waals surface area contributed by atoms with E-state index in [9.17, 15) is 19.7 Å². The van der Waals surface area contributed by atoms with Crippen LogP contribution < -0.4 is 5.32 Å². The molecule has 0 spiro atoms. The SMILES string of the molecule is CCCCOC(=O)C1=C(C)NC2=C(C(=O)OC2)C1c1ccccc1SCc1cccc([N+](=O)[O-])c1. The molecule has 0 radical (unpaired) electrons. The average molecular weight is 495 g/mol. The Morgan fingerprint density at radius 3 is 2.83 bits per heavy atom. The van der Waals surface area contributed by atoms with Crippen molar-refractivity contribution in [1.29, 1.82) is 0 Å². The third kappa shape index (κ3) is 5.24. The summed E-state index contributed by atoms with van der Waals surface area (Å²) in [5.41, 5.74) is 3.72. The van der Waals surface area contributed by atoms with Gasteiger partial charge >= 0.3 is 11.9 Å². The summed E-state index contributed by atoms with van der Waals surface area (Å²) in [6, 6.07) is 14.1. The largest absolute Gasteiger partial charge is 0.462 e. The predicted octanol–water partition coefficient (Wildman–Crippen LogP) is 5.00. The van der Waals surface area contributed by atoms with Gasteiger partial charge in [-0.05, 0) is 30.5 Å². The lowest BCUT2D eigenvalue weighted by Crippen LogP contribution is -2.30. The number of dihydropyridines is 1. The van der Waals surface area contributed by atoms with E-state index in [2.05, 4.69) is 5.32 Å². The van der Waals surface area contributed by atoms with Crippen molar-refractivity contribution in [3.8, 4) is 0 Å². The topological polar surface area (TPSA) is 108 Å². The van der Waals surface area contributed by atoms with Crippen LogP contribution in [0.3, 0.4) is 0 Å². The van der Waals surface area contributed by atoms with Gasteiger partial charge in [0.2, 0.25) is 0 Å². The van der Waals surface area contributed by atoms with Gasteiger partial charge in [-0.15, -0.1) is 11.8 Å². The van der Waals surface area contributed by atoms with Crippen molar-refractivity contribution in [1.82, 2.24) is 5.32 Å². The fourth-order valence-corrected chi connectivity index (χ4v) is 5.24.